The van der Waals surface area contributed by atoms with Crippen molar-refractivity contribution >= 4 is 6.72 Å². The van der Waals surface area contributed by atoms with Crippen LogP contribution in [0.4, 0.5) is 0 Å². The van der Waals surface area contributed by atoms with Gasteiger partial charge in [-0.3, -0.25) is 0 Å². The maximum Gasteiger partial charge on any atom is 0.211 e. The van der Waals surface area contributed by atoms with Crippen molar-refractivity contribution in [3.8, 4) is 17.3 Å². The average molecular weight is 229 g/mol. The van der Waals surface area contributed by atoms with E-state index in [1.807, 2.05) is 18.2 Å². The SMILES string of the molecule is C=NOCc1cccc(-c2cccc(O)n2)n1. The first-order valence-corrected chi connectivity index (χ1v) is 5.00. The summed E-state index contributed by atoms with van der Waals surface area (Å²) >= 11 is 0. The molecule has 17 heavy (non-hydrogen) atoms. The van der Waals surface area contributed by atoms with Gasteiger partial charge in [-0.1, -0.05) is 12.1 Å². The molecule has 5 nitrogen and oxygen atoms in total. The molecule has 2 aromatic rings. The molecular formula is C12H11N3O2. The number of aromatic hydroxyl groups is 1. The maximum absolute atomic E-state index is 9.30. The van der Waals surface area contributed by atoms with Gasteiger partial charge < -0.3 is 9.94 Å². The summed E-state index contributed by atoms with van der Waals surface area (Å²) in [6.45, 7) is 3.48. The third-order valence-corrected chi connectivity index (χ3v) is 2.11. The monoisotopic (exact) mass is 229 g/mol. The van der Waals surface area contributed by atoms with Crippen molar-refractivity contribution in [2.75, 3.05) is 0 Å². The van der Waals surface area contributed by atoms with Gasteiger partial charge in [-0.2, -0.15) is 0 Å². The summed E-state index contributed by atoms with van der Waals surface area (Å²) in [5, 5.41) is 12.6. The molecule has 0 unspecified atom stereocenters. The van der Waals surface area contributed by atoms with E-state index in [9.17, 15) is 5.11 Å². The van der Waals surface area contributed by atoms with Crippen LogP contribution in [0, 0.1) is 0 Å². The molecule has 0 aliphatic heterocycles. The van der Waals surface area contributed by atoms with E-state index in [0.29, 0.717) is 11.4 Å². The fourth-order valence-electron chi connectivity index (χ4n) is 1.38. The van der Waals surface area contributed by atoms with Gasteiger partial charge in [-0.05, 0) is 18.2 Å². The van der Waals surface area contributed by atoms with Gasteiger partial charge in [0.15, 0.2) is 6.61 Å². The largest absolute Gasteiger partial charge is 0.493 e. The Hall–Kier alpha value is -2.43. The lowest BCUT2D eigenvalue weighted by atomic mass is 10.2. The van der Waals surface area contributed by atoms with Crippen LogP contribution in [-0.4, -0.2) is 21.8 Å². The van der Waals surface area contributed by atoms with Gasteiger partial charge in [0.1, 0.15) is 0 Å². The minimum Gasteiger partial charge on any atom is -0.493 e. The zero-order valence-corrected chi connectivity index (χ0v) is 9.08. The Morgan fingerprint density at radius 2 is 1.82 bits per heavy atom. The molecule has 0 spiro atoms. The quantitative estimate of drug-likeness (QED) is 0.643. The summed E-state index contributed by atoms with van der Waals surface area (Å²) in [5.74, 6) is -0.0290. The molecule has 0 saturated heterocycles. The highest BCUT2D eigenvalue weighted by atomic mass is 16.6. The number of oxime groups is 1. The molecule has 0 amide bonds. The Morgan fingerprint density at radius 3 is 2.53 bits per heavy atom. The van der Waals surface area contributed by atoms with Crippen LogP contribution < -0.4 is 0 Å². The van der Waals surface area contributed by atoms with Gasteiger partial charge in [0.25, 0.3) is 0 Å². The van der Waals surface area contributed by atoms with E-state index >= 15 is 0 Å². The molecule has 0 aliphatic carbocycles. The van der Waals surface area contributed by atoms with Crippen LogP contribution in [0.3, 0.4) is 0 Å². The highest BCUT2D eigenvalue weighted by Crippen LogP contribution is 2.17. The Labute approximate surface area is 98.4 Å². The molecule has 2 aromatic heterocycles. The van der Waals surface area contributed by atoms with Gasteiger partial charge in [0, 0.05) is 12.8 Å². The third-order valence-electron chi connectivity index (χ3n) is 2.11. The van der Waals surface area contributed by atoms with Gasteiger partial charge >= 0.3 is 0 Å². The van der Waals surface area contributed by atoms with Crippen molar-refractivity contribution in [2.45, 2.75) is 6.61 Å². The molecule has 0 aromatic carbocycles. The first kappa shape index (κ1) is 11.1. The fraction of sp³-hybridized carbons (Fsp3) is 0.0833. The second-order valence-electron chi connectivity index (χ2n) is 3.30. The minimum atomic E-state index is -0.0290. The van der Waals surface area contributed by atoms with Crippen LogP contribution in [0.25, 0.3) is 11.4 Å². The van der Waals surface area contributed by atoms with Gasteiger partial charge in [0.05, 0.1) is 17.1 Å². The van der Waals surface area contributed by atoms with E-state index in [0.717, 1.165) is 5.69 Å². The molecule has 1 N–H and O–H groups in total. The van der Waals surface area contributed by atoms with Crippen molar-refractivity contribution in [2.24, 2.45) is 5.16 Å². The highest BCUT2D eigenvalue weighted by Gasteiger charge is 2.03. The van der Waals surface area contributed by atoms with Gasteiger partial charge in [0.2, 0.25) is 5.88 Å². The summed E-state index contributed by atoms with van der Waals surface area (Å²) in [6.07, 6.45) is 0. The Morgan fingerprint density at radius 1 is 1.12 bits per heavy atom. The molecule has 0 aliphatic rings. The van der Waals surface area contributed by atoms with Crippen molar-refractivity contribution in [3.63, 3.8) is 0 Å². The molecule has 5 heteroatoms. The predicted molar refractivity (Wildman–Crippen MR) is 63.5 cm³/mol. The number of hydrogen-bond donors (Lipinski definition) is 1. The summed E-state index contributed by atoms with van der Waals surface area (Å²) in [7, 11) is 0. The smallest absolute Gasteiger partial charge is 0.211 e. The minimum absolute atomic E-state index is 0.0290. The first-order chi connectivity index (χ1) is 8.29. The van der Waals surface area contributed by atoms with E-state index in [1.54, 1.807) is 12.1 Å². The molecule has 2 heterocycles. The van der Waals surface area contributed by atoms with Crippen LogP contribution in [0.15, 0.2) is 41.6 Å². The van der Waals surface area contributed by atoms with E-state index in [1.165, 1.54) is 6.07 Å². The normalized spacial score (nSPS) is 9.88. The molecule has 2 rings (SSSR count). The van der Waals surface area contributed by atoms with Gasteiger partial charge in [-0.25, -0.2) is 9.97 Å². The zero-order chi connectivity index (χ0) is 12.1. The lowest BCUT2D eigenvalue weighted by Gasteiger charge is -2.03. The Balaban J connectivity index is 2.29. The number of rotatable bonds is 4. The Kier molecular flexibility index (Phi) is 3.30. The highest BCUT2D eigenvalue weighted by molar-refractivity contribution is 5.54. The Bertz CT molecular complexity index is 529. The van der Waals surface area contributed by atoms with Gasteiger partial charge in [-0.15, -0.1) is 5.16 Å². The average Bonchev–Trinajstić information content (AvgIpc) is 2.37. The molecule has 0 radical (unpaired) electrons. The second-order valence-corrected chi connectivity index (χ2v) is 3.30. The van der Waals surface area contributed by atoms with Crippen molar-refractivity contribution in [1.29, 1.82) is 0 Å². The molecule has 0 saturated carbocycles. The summed E-state index contributed by atoms with van der Waals surface area (Å²) in [6, 6.07) is 10.5. The van der Waals surface area contributed by atoms with E-state index in [2.05, 4.69) is 21.8 Å². The zero-order valence-electron chi connectivity index (χ0n) is 9.08. The lowest BCUT2D eigenvalue weighted by Crippen LogP contribution is -1.94. The fourth-order valence-corrected chi connectivity index (χ4v) is 1.38. The third kappa shape index (κ3) is 2.78. The molecule has 86 valence electrons. The van der Waals surface area contributed by atoms with E-state index in [-0.39, 0.29) is 12.5 Å². The van der Waals surface area contributed by atoms with Crippen molar-refractivity contribution in [3.05, 3.63) is 42.1 Å². The lowest BCUT2D eigenvalue weighted by molar-refractivity contribution is 0.130. The first-order valence-electron chi connectivity index (χ1n) is 5.00. The summed E-state index contributed by atoms with van der Waals surface area (Å²) in [5.41, 5.74) is 2.00. The number of hydrogen-bond acceptors (Lipinski definition) is 5. The number of pyridine rings is 2. The van der Waals surface area contributed by atoms with Crippen LogP contribution in [0.1, 0.15) is 5.69 Å². The number of aromatic nitrogens is 2. The predicted octanol–water partition coefficient (Wildman–Crippen LogP) is 1.98. The summed E-state index contributed by atoms with van der Waals surface area (Å²) < 4.78 is 0. The maximum atomic E-state index is 9.30. The van der Waals surface area contributed by atoms with Crippen molar-refractivity contribution in [1.82, 2.24) is 9.97 Å². The summed E-state index contributed by atoms with van der Waals surface area (Å²) in [4.78, 5) is 13.1. The topological polar surface area (TPSA) is 67.6 Å². The van der Waals surface area contributed by atoms with Crippen molar-refractivity contribution < 1.29 is 9.94 Å². The second kappa shape index (κ2) is 5.07. The van der Waals surface area contributed by atoms with E-state index < -0.39 is 0 Å². The van der Waals surface area contributed by atoms with Crippen LogP contribution in [0.2, 0.25) is 0 Å². The molecule has 0 fully saturated rings. The molecule has 0 bridgehead atoms. The number of nitrogens with zero attached hydrogens (tertiary/aromatic N) is 3. The van der Waals surface area contributed by atoms with E-state index in [4.69, 9.17) is 4.84 Å². The van der Waals surface area contributed by atoms with Crippen LogP contribution in [-0.2, 0) is 11.4 Å². The van der Waals surface area contributed by atoms with Crippen LogP contribution in [0.5, 0.6) is 5.88 Å². The molecule has 0 atom stereocenters. The standard InChI is InChI=1S/C12H11N3O2/c1-13-17-8-9-4-2-5-10(14-9)11-6-3-7-12(16)15-11/h2-7H,1,8H2,(H,15,16). The van der Waals surface area contributed by atoms with Crippen LogP contribution >= 0.6 is 0 Å². The molecular weight excluding hydrogens is 218 g/mol.